The molecule has 21 heavy (non-hydrogen) atoms. The normalized spacial score (nSPS) is 18.0. The van der Waals surface area contributed by atoms with Crippen molar-refractivity contribution in [3.63, 3.8) is 0 Å². The van der Waals surface area contributed by atoms with Gasteiger partial charge in [0.15, 0.2) is 0 Å². The van der Waals surface area contributed by atoms with Crippen LogP contribution < -0.4 is 0 Å². The highest BCUT2D eigenvalue weighted by atomic mass is 35.5. The molecule has 1 saturated heterocycles. The number of rotatable bonds is 5. The maximum Gasteiger partial charge on any atom is 0.243 e. The number of sulfonamides is 1. The molecule has 5 nitrogen and oxygen atoms in total. The van der Waals surface area contributed by atoms with E-state index in [1.807, 2.05) is 0 Å². The second-order valence-corrected chi connectivity index (χ2v) is 7.61. The van der Waals surface area contributed by atoms with Crippen LogP contribution in [0.4, 0.5) is 0 Å². The van der Waals surface area contributed by atoms with Crippen molar-refractivity contribution in [3.05, 3.63) is 28.2 Å². The van der Waals surface area contributed by atoms with E-state index < -0.39 is 10.0 Å². The molecule has 0 aromatic heterocycles. The van der Waals surface area contributed by atoms with E-state index in [2.05, 4.69) is 0 Å². The van der Waals surface area contributed by atoms with Gasteiger partial charge in [-0.1, -0.05) is 23.2 Å². The monoisotopic (exact) mass is 353 g/mol. The fourth-order valence-corrected chi connectivity index (χ4v) is 4.48. The molecule has 1 aromatic rings. The highest BCUT2D eigenvalue weighted by Crippen LogP contribution is 2.27. The smallest absolute Gasteiger partial charge is 0.243 e. The molecule has 0 bridgehead atoms. The topological polar surface area (TPSA) is 66.8 Å². The van der Waals surface area contributed by atoms with Gasteiger partial charge >= 0.3 is 0 Å². The number of halogens is 2. The van der Waals surface area contributed by atoms with E-state index in [0.29, 0.717) is 36.0 Å². The van der Waals surface area contributed by atoms with E-state index in [4.69, 9.17) is 33.0 Å². The minimum absolute atomic E-state index is 0.00782. The molecule has 0 saturated carbocycles. The van der Waals surface area contributed by atoms with Gasteiger partial charge in [-0.2, -0.15) is 4.31 Å². The van der Waals surface area contributed by atoms with E-state index >= 15 is 0 Å². The van der Waals surface area contributed by atoms with Gasteiger partial charge in [0.2, 0.25) is 10.0 Å². The van der Waals surface area contributed by atoms with Gasteiger partial charge in [0.05, 0.1) is 24.2 Å². The van der Waals surface area contributed by atoms with Crippen LogP contribution in [0.15, 0.2) is 23.1 Å². The number of hydrogen-bond acceptors (Lipinski definition) is 4. The summed E-state index contributed by atoms with van der Waals surface area (Å²) in [5.74, 6) is 0. The number of aliphatic hydroxyl groups excluding tert-OH is 1. The highest BCUT2D eigenvalue weighted by Gasteiger charge is 2.30. The van der Waals surface area contributed by atoms with Crippen LogP contribution in [0.3, 0.4) is 0 Å². The summed E-state index contributed by atoms with van der Waals surface area (Å²) in [5.41, 5.74) is 0. The molecule has 0 atom stereocenters. The predicted octanol–water partition coefficient (Wildman–Crippen LogP) is 2.16. The zero-order valence-electron chi connectivity index (χ0n) is 11.3. The van der Waals surface area contributed by atoms with Crippen molar-refractivity contribution >= 4 is 33.2 Å². The Labute approximate surface area is 134 Å². The summed E-state index contributed by atoms with van der Waals surface area (Å²) in [6.07, 6.45) is 1.20. The Kier molecular flexibility index (Phi) is 5.88. The van der Waals surface area contributed by atoms with Crippen molar-refractivity contribution in [2.24, 2.45) is 0 Å². The number of nitrogens with zero attached hydrogens (tertiary/aromatic N) is 1. The maximum absolute atomic E-state index is 12.5. The molecule has 118 valence electrons. The summed E-state index contributed by atoms with van der Waals surface area (Å²) in [6, 6.07) is 4.30. The molecular weight excluding hydrogens is 337 g/mol. The van der Waals surface area contributed by atoms with Crippen LogP contribution in [0.2, 0.25) is 10.0 Å². The fraction of sp³-hybridized carbons (Fsp3) is 0.538. The van der Waals surface area contributed by atoms with Crippen molar-refractivity contribution in [1.82, 2.24) is 4.31 Å². The van der Waals surface area contributed by atoms with Crippen LogP contribution in [0.5, 0.6) is 0 Å². The molecule has 1 aliphatic heterocycles. The lowest BCUT2D eigenvalue weighted by molar-refractivity contribution is 0.00318. The Morgan fingerprint density at radius 3 is 2.29 bits per heavy atom. The van der Waals surface area contributed by atoms with Crippen molar-refractivity contribution in [2.45, 2.75) is 23.8 Å². The second-order valence-electron chi connectivity index (χ2n) is 4.80. The third kappa shape index (κ3) is 4.31. The first kappa shape index (κ1) is 17.0. The summed E-state index contributed by atoms with van der Waals surface area (Å²) in [7, 11) is -3.59. The molecule has 0 amide bonds. The first-order valence-corrected chi connectivity index (χ1v) is 8.82. The fourth-order valence-electron chi connectivity index (χ4n) is 2.29. The minimum atomic E-state index is -3.59. The van der Waals surface area contributed by atoms with Gasteiger partial charge in [0, 0.05) is 23.1 Å². The number of hydrogen-bond donors (Lipinski definition) is 1. The molecular formula is C13H17Cl2NO4S. The molecule has 8 heteroatoms. The number of piperidine rings is 1. The lowest BCUT2D eigenvalue weighted by atomic mass is 10.1. The lowest BCUT2D eigenvalue weighted by Crippen LogP contribution is -2.41. The van der Waals surface area contributed by atoms with Gasteiger partial charge in [-0.15, -0.1) is 0 Å². The van der Waals surface area contributed by atoms with Gasteiger partial charge in [-0.05, 0) is 31.0 Å². The van der Waals surface area contributed by atoms with Crippen molar-refractivity contribution in [1.29, 1.82) is 0 Å². The zero-order chi connectivity index (χ0) is 15.5. The molecule has 0 aliphatic carbocycles. The largest absolute Gasteiger partial charge is 0.394 e. The lowest BCUT2D eigenvalue weighted by Gasteiger charge is -2.31. The number of aliphatic hydroxyl groups is 1. The maximum atomic E-state index is 12.5. The molecule has 0 radical (unpaired) electrons. The highest BCUT2D eigenvalue weighted by molar-refractivity contribution is 7.89. The minimum Gasteiger partial charge on any atom is -0.394 e. The number of benzene rings is 1. The summed E-state index contributed by atoms with van der Waals surface area (Å²) in [4.78, 5) is 0.106. The molecule has 1 N–H and O–H groups in total. The van der Waals surface area contributed by atoms with E-state index in [1.165, 1.54) is 22.5 Å². The summed E-state index contributed by atoms with van der Waals surface area (Å²) >= 11 is 11.7. The third-order valence-corrected chi connectivity index (χ3v) is 5.63. The first-order valence-electron chi connectivity index (χ1n) is 6.62. The Morgan fingerprint density at radius 1 is 1.19 bits per heavy atom. The van der Waals surface area contributed by atoms with Crippen LogP contribution in [0.25, 0.3) is 0 Å². The zero-order valence-corrected chi connectivity index (χ0v) is 13.7. The van der Waals surface area contributed by atoms with Crippen LogP contribution in [-0.2, 0) is 14.8 Å². The first-order chi connectivity index (χ1) is 9.93. The van der Waals surface area contributed by atoms with Crippen LogP contribution in [0.1, 0.15) is 12.8 Å². The van der Waals surface area contributed by atoms with Gasteiger partial charge in [-0.25, -0.2) is 8.42 Å². The van der Waals surface area contributed by atoms with Crippen LogP contribution >= 0.6 is 23.2 Å². The summed E-state index contributed by atoms with van der Waals surface area (Å²) in [6.45, 7) is 1.01. The molecule has 2 rings (SSSR count). The number of ether oxygens (including phenoxy) is 1. The molecule has 1 heterocycles. The Balaban J connectivity index is 2.07. The average Bonchev–Trinajstić information content (AvgIpc) is 2.44. The Bertz CT molecular complexity index is 566. The van der Waals surface area contributed by atoms with E-state index in [9.17, 15) is 8.42 Å². The van der Waals surface area contributed by atoms with E-state index in [0.717, 1.165) is 0 Å². The van der Waals surface area contributed by atoms with Crippen molar-refractivity contribution in [3.8, 4) is 0 Å². The van der Waals surface area contributed by atoms with Gasteiger partial charge in [0.1, 0.15) is 0 Å². The van der Waals surface area contributed by atoms with Crippen LogP contribution in [-0.4, -0.2) is 50.2 Å². The molecule has 0 spiro atoms. The van der Waals surface area contributed by atoms with Gasteiger partial charge in [0.25, 0.3) is 0 Å². The van der Waals surface area contributed by atoms with Crippen molar-refractivity contribution in [2.75, 3.05) is 26.3 Å². The van der Waals surface area contributed by atoms with Crippen molar-refractivity contribution < 1.29 is 18.3 Å². The van der Waals surface area contributed by atoms with E-state index in [1.54, 1.807) is 0 Å². The Morgan fingerprint density at radius 2 is 1.76 bits per heavy atom. The molecule has 0 unspecified atom stereocenters. The van der Waals surface area contributed by atoms with E-state index in [-0.39, 0.29) is 24.2 Å². The SMILES string of the molecule is O=S(=O)(c1cc(Cl)cc(Cl)c1)N1CCC(OCCO)CC1. The second kappa shape index (κ2) is 7.26. The summed E-state index contributed by atoms with van der Waals surface area (Å²) < 4.78 is 31.9. The summed E-state index contributed by atoms with van der Waals surface area (Å²) in [5, 5.41) is 9.31. The van der Waals surface area contributed by atoms with Gasteiger partial charge < -0.3 is 9.84 Å². The third-order valence-electron chi connectivity index (χ3n) is 3.32. The molecule has 1 aliphatic rings. The predicted molar refractivity (Wildman–Crippen MR) is 81.3 cm³/mol. The molecule has 1 aromatic carbocycles. The average molecular weight is 354 g/mol. The standard InChI is InChI=1S/C13H17Cl2NO4S/c14-10-7-11(15)9-13(8-10)21(18,19)16-3-1-12(2-4-16)20-6-5-17/h7-9,12,17H,1-6H2. The Hall–Kier alpha value is -0.370. The van der Waals surface area contributed by atoms with Crippen LogP contribution in [0, 0.1) is 0 Å². The van der Waals surface area contributed by atoms with Gasteiger partial charge in [-0.3, -0.25) is 0 Å². The molecule has 1 fully saturated rings. The quantitative estimate of drug-likeness (QED) is 0.880.